The Morgan fingerprint density at radius 1 is 1.22 bits per heavy atom. The van der Waals surface area contributed by atoms with Gasteiger partial charge in [-0.25, -0.2) is 8.42 Å². The van der Waals surface area contributed by atoms with E-state index in [4.69, 9.17) is 0 Å². The van der Waals surface area contributed by atoms with Crippen LogP contribution in [0.2, 0.25) is 0 Å². The predicted molar refractivity (Wildman–Crippen MR) is 73.2 cm³/mol. The molecule has 1 amide bonds. The predicted octanol–water partition coefficient (Wildman–Crippen LogP) is 1.99. The smallest absolute Gasteiger partial charge is 0.237 e. The normalized spacial score (nSPS) is 17.0. The molecule has 0 aromatic heterocycles. The Hall–Kier alpha value is -0.580. The number of rotatable bonds is 7. The summed E-state index contributed by atoms with van der Waals surface area (Å²) in [4.78, 5) is 13.7. The molecule has 0 N–H and O–H groups in total. The minimum Gasteiger partial charge on any atom is -0.342 e. The Bertz CT molecular complexity index is 358. The molecule has 1 aliphatic rings. The molecule has 1 aliphatic carbocycles. The number of nitrogens with zero attached hydrogens (tertiary/aromatic N) is 1. The maximum absolute atomic E-state index is 12.1. The van der Waals surface area contributed by atoms with Crippen LogP contribution in [0.25, 0.3) is 0 Å². The molecule has 106 valence electrons. The molecule has 0 atom stereocenters. The highest BCUT2D eigenvalue weighted by Crippen LogP contribution is 2.25. The van der Waals surface area contributed by atoms with Crippen LogP contribution in [0.1, 0.15) is 52.4 Å². The number of carbonyl (C=O) groups is 1. The van der Waals surface area contributed by atoms with Crippen LogP contribution in [0.15, 0.2) is 0 Å². The molecule has 0 aliphatic heterocycles. The molecule has 0 bridgehead atoms. The lowest BCUT2D eigenvalue weighted by Crippen LogP contribution is -2.38. The molecule has 1 saturated carbocycles. The standard InChI is InChI=1S/C13H25NO3S/c1-3-5-10-14(4-2)13(15)11-18(16,17)12-8-6-7-9-12/h12H,3-11H2,1-2H3. The third-order valence-electron chi connectivity index (χ3n) is 3.65. The zero-order chi connectivity index (χ0) is 13.6. The third-order valence-corrected chi connectivity index (χ3v) is 5.79. The van der Waals surface area contributed by atoms with Gasteiger partial charge in [0.05, 0.1) is 5.25 Å². The monoisotopic (exact) mass is 275 g/mol. The van der Waals surface area contributed by atoms with Gasteiger partial charge in [0, 0.05) is 13.1 Å². The lowest BCUT2D eigenvalue weighted by molar-refractivity contribution is -0.128. The van der Waals surface area contributed by atoms with Gasteiger partial charge < -0.3 is 4.90 Å². The van der Waals surface area contributed by atoms with Gasteiger partial charge in [0.25, 0.3) is 0 Å². The highest BCUT2D eigenvalue weighted by atomic mass is 32.2. The van der Waals surface area contributed by atoms with Crippen LogP contribution in [0.4, 0.5) is 0 Å². The van der Waals surface area contributed by atoms with Crippen molar-refractivity contribution in [3.8, 4) is 0 Å². The van der Waals surface area contributed by atoms with Gasteiger partial charge in [0.15, 0.2) is 9.84 Å². The Morgan fingerprint density at radius 2 is 1.83 bits per heavy atom. The number of hydrogen-bond acceptors (Lipinski definition) is 3. The summed E-state index contributed by atoms with van der Waals surface area (Å²) in [5.41, 5.74) is 0. The maximum atomic E-state index is 12.1. The molecular weight excluding hydrogens is 250 g/mol. The minimum atomic E-state index is -3.23. The first-order valence-corrected chi connectivity index (χ1v) is 8.72. The fraction of sp³-hybridized carbons (Fsp3) is 0.923. The molecule has 4 nitrogen and oxygen atoms in total. The highest BCUT2D eigenvalue weighted by Gasteiger charge is 2.31. The molecule has 0 radical (unpaired) electrons. The van der Waals surface area contributed by atoms with Gasteiger partial charge in [-0.1, -0.05) is 26.2 Å². The van der Waals surface area contributed by atoms with E-state index in [1.54, 1.807) is 4.90 Å². The summed E-state index contributed by atoms with van der Waals surface area (Å²) in [7, 11) is -3.23. The fourth-order valence-electron chi connectivity index (χ4n) is 2.44. The Labute approximate surface area is 111 Å². The summed E-state index contributed by atoms with van der Waals surface area (Å²) < 4.78 is 24.2. The second kappa shape index (κ2) is 7.12. The van der Waals surface area contributed by atoms with Crippen LogP contribution < -0.4 is 0 Å². The summed E-state index contributed by atoms with van der Waals surface area (Å²) >= 11 is 0. The summed E-state index contributed by atoms with van der Waals surface area (Å²) in [6, 6.07) is 0. The quantitative estimate of drug-likeness (QED) is 0.714. The summed E-state index contributed by atoms with van der Waals surface area (Å²) in [5.74, 6) is -0.521. The highest BCUT2D eigenvalue weighted by molar-refractivity contribution is 7.92. The lowest BCUT2D eigenvalue weighted by Gasteiger charge is -2.21. The molecule has 0 unspecified atom stereocenters. The van der Waals surface area contributed by atoms with E-state index in [2.05, 4.69) is 6.92 Å². The third kappa shape index (κ3) is 4.26. The number of carbonyl (C=O) groups excluding carboxylic acids is 1. The van der Waals surface area contributed by atoms with Crippen LogP contribution in [0, 0.1) is 0 Å². The van der Waals surface area contributed by atoms with Crippen molar-refractivity contribution in [1.82, 2.24) is 4.90 Å². The minimum absolute atomic E-state index is 0.224. The molecule has 0 heterocycles. The second-order valence-corrected chi connectivity index (χ2v) is 7.32. The molecule has 18 heavy (non-hydrogen) atoms. The summed E-state index contributed by atoms with van der Waals surface area (Å²) in [5, 5.41) is -0.272. The molecule has 5 heteroatoms. The first-order chi connectivity index (χ1) is 8.51. The van der Waals surface area contributed by atoms with Crippen LogP contribution >= 0.6 is 0 Å². The largest absolute Gasteiger partial charge is 0.342 e. The Balaban J connectivity index is 2.56. The summed E-state index contributed by atoms with van der Waals surface area (Å²) in [6.07, 6.45) is 5.37. The van der Waals surface area contributed by atoms with Crippen LogP contribution in [-0.4, -0.2) is 43.3 Å². The van der Waals surface area contributed by atoms with Crippen LogP contribution in [0.5, 0.6) is 0 Å². The van der Waals surface area contributed by atoms with Crippen molar-refractivity contribution in [2.24, 2.45) is 0 Å². The molecular formula is C13H25NO3S. The topological polar surface area (TPSA) is 54.5 Å². The van der Waals surface area contributed by atoms with Crippen molar-refractivity contribution in [1.29, 1.82) is 0 Å². The van der Waals surface area contributed by atoms with E-state index in [1.807, 2.05) is 6.92 Å². The van der Waals surface area contributed by atoms with Crippen LogP contribution in [-0.2, 0) is 14.6 Å². The second-order valence-electron chi connectivity index (χ2n) is 5.04. The van der Waals surface area contributed by atoms with Crippen molar-refractivity contribution < 1.29 is 13.2 Å². The molecule has 1 fully saturated rings. The van der Waals surface area contributed by atoms with Crippen molar-refractivity contribution in [2.75, 3.05) is 18.8 Å². The first kappa shape index (κ1) is 15.5. The van der Waals surface area contributed by atoms with E-state index in [9.17, 15) is 13.2 Å². The lowest BCUT2D eigenvalue weighted by atomic mass is 10.3. The van der Waals surface area contributed by atoms with Gasteiger partial charge in [0.1, 0.15) is 5.75 Å². The summed E-state index contributed by atoms with van der Waals surface area (Å²) in [6.45, 7) is 5.23. The number of hydrogen-bond donors (Lipinski definition) is 0. The maximum Gasteiger partial charge on any atom is 0.237 e. The van der Waals surface area contributed by atoms with Crippen molar-refractivity contribution in [2.45, 2.75) is 57.6 Å². The average molecular weight is 275 g/mol. The van der Waals surface area contributed by atoms with Crippen molar-refractivity contribution in [3.05, 3.63) is 0 Å². The number of sulfone groups is 1. The fourth-order valence-corrected chi connectivity index (χ4v) is 4.25. The molecule has 0 aromatic carbocycles. The van der Waals surface area contributed by atoms with E-state index in [-0.39, 0.29) is 16.9 Å². The van der Waals surface area contributed by atoms with E-state index in [0.717, 1.165) is 38.5 Å². The van der Waals surface area contributed by atoms with Gasteiger partial charge in [-0.3, -0.25) is 4.79 Å². The zero-order valence-electron chi connectivity index (χ0n) is 11.5. The van der Waals surface area contributed by atoms with Gasteiger partial charge in [0.2, 0.25) is 5.91 Å². The molecule has 1 rings (SSSR count). The van der Waals surface area contributed by atoms with Gasteiger partial charge >= 0.3 is 0 Å². The van der Waals surface area contributed by atoms with Gasteiger partial charge in [-0.15, -0.1) is 0 Å². The average Bonchev–Trinajstić information content (AvgIpc) is 2.83. The Kier molecular flexibility index (Phi) is 6.12. The zero-order valence-corrected chi connectivity index (χ0v) is 12.3. The molecule has 0 aromatic rings. The molecule has 0 spiro atoms. The van der Waals surface area contributed by atoms with Crippen molar-refractivity contribution in [3.63, 3.8) is 0 Å². The Morgan fingerprint density at radius 3 is 2.33 bits per heavy atom. The van der Waals surface area contributed by atoms with E-state index >= 15 is 0 Å². The number of amides is 1. The first-order valence-electron chi connectivity index (χ1n) is 7.00. The van der Waals surface area contributed by atoms with E-state index < -0.39 is 9.84 Å². The number of unbranched alkanes of at least 4 members (excludes halogenated alkanes) is 1. The van der Waals surface area contributed by atoms with E-state index in [1.165, 1.54) is 0 Å². The van der Waals surface area contributed by atoms with Crippen LogP contribution in [0.3, 0.4) is 0 Å². The van der Waals surface area contributed by atoms with Crippen molar-refractivity contribution >= 4 is 15.7 Å². The van der Waals surface area contributed by atoms with Gasteiger partial charge in [-0.05, 0) is 26.2 Å². The van der Waals surface area contributed by atoms with E-state index in [0.29, 0.717) is 13.1 Å². The molecule has 0 saturated heterocycles. The van der Waals surface area contributed by atoms with Gasteiger partial charge in [-0.2, -0.15) is 0 Å². The SMILES string of the molecule is CCCCN(CC)C(=O)CS(=O)(=O)C1CCCC1.